The molecular weight excluding hydrogens is 184 g/mol. The Morgan fingerprint density at radius 2 is 2.00 bits per heavy atom. The van der Waals surface area contributed by atoms with Crippen molar-refractivity contribution in [3.8, 4) is 0 Å². The highest BCUT2D eigenvalue weighted by molar-refractivity contribution is 5.20. The van der Waals surface area contributed by atoms with Gasteiger partial charge in [-0.1, -0.05) is 36.8 Å². The first-order valence-electron chi connectivity index (χ1n) is 5.80. The second-order valence-corrected chi connectivity index (χ2v) is 4.48. The third-order valence-electron chi connectivity index (χ3n) is 3.43. The van der Waals surface area contributed by atoms with Crippen LogP contribution >= 0.6 is 0 Å². The number of piperidine rings is 1. The minimum Gasteiger partial charge on any atom is -0.323 e. The number of nitrogens with two attached hydrogens (primary N) is 1. The van der Waals surface area contributed by atoms with Crippen molar-refractivity contribution in [1.29, 1.82) is 0 Å². The van der Waals surface area contributed by atoms with Gasteiger partial charge in [0.05, 0.1) is 0 Å². The third-order valence-corrected chi connectivity index (χ3v) is 3.43. The molecule has 1 fully saturated rings. The molecule has 2 nitrogen and oxygen atoms in total. The summed E-state index contributed by atoms with van der Waals surface area (Å²) in [5.41, 5.74) is 7.58. The Bertz CT molecular complexity index is 297. The van der Waals surface area contributed by atoms with E-state index in [0.717, 1.165) is 0 Å². The molecule has 2 N–H and O–H groups in total. The van der Waals surface area contributed by atoms with Gasteiger partial charge in [0.2, 0.25) is 0 Å². The van der Waals surface area contributed by atoms with Crippen LogP contribution in [0.5, 0.6) is 0 Å². The highest BCUT2D eigenvalue weighted by atomic mass is 15.1. The monoisotopic (exact) mass is 204 g/mol. The van der Waals surface area contributed by atoms with E-state index < -0.39 is 0 Å². The molecule has 0 bridgehead atoms. The first-order valence-corrected chi connectivity index (χ1v) is 5.80. The Labute approximate surface area is 92.1 Å². The number of likely N-dealkylation sites (tertiary alicyclic amines) is 1. The normalized spacial score (nSPS) is 25.1. The van der Waals surface area contributed by atoms with Gasteiger partial charge in [0.25, 0.3) is 0 Å². The molecule has 1 heterocycles. The molecule has 2 rings (SSSR count). The molecule has 82 valence electrons. The van der Waals surface area contributed by atoms with Crippen LogP contribution in [-0.2, 0) is 0 Å². The molecule has 0 spiro atoms. The number of hydrogen-bond acceptors (Lipinski definition) is 2. The molecule has 0 saturated carbocycles. The summed E-state index contributed by atoms with van der Waals surface area (Å²) in [5.74, 6) is 0. The van der Waals surface area contributed by atoms with E-state index >= 15 is 0 Å². The summed E-state index contributed by atoms with van der Waals surface area (Å²) in [6.07, 6.45) is 3.86. The van der Waals surface area contributed by atoms with Crippen LogP contribution in [0.4, 0.5) is 0 Å². The van der Waals surface area contributed by atoms with Crippen LogP contribution in [0.2, 0.25) is 0 Å². The molecule has 2 heteroatoms. The van der Waals surface area contributed by atoms with Gasteiger partial charge in [-0.25, -0.2) is 0 Å². The maximum Gasteiger partial charge on any atom is 0.0452 e. The zero-order valence-electron chi connectivity index (χ0n) is 9.39. The Kier molecular flexibility index (Phi) is 3.39. The van der Waals surface area contributed by atoms with Crippen molar-refractivity contribution in [1.82, 2.24) is 4.90 Å². The van der Waals surface area contributed by atoms with E-state index in [1.165, 1.54) is 31.4 Å². The number of nitrogens with zero attached hydrogens (tertiary/aromatic N) is 1. The van der Waals surface area contributed by atoms with Crippen LogP contribution in [-0.4, -0.2) is 24.5 Å². The van der Waals surface area contributed by atoms with Crippen molar-refractivity contribution in [3.05, 3.63) is 35.9 Å². The molecule has 1 aliphatic rings. The number of rotatable bonds is 2. The summed E-state index contributed by atoms with van der Waals surface area (Å²) in [7, 11) is 2.19. The summed E-state index contributed by atoms with van der Waals surface area (Å²) in [4.78, 5) is 2.40. The molecule has 0 amide bonds. The summed E-state index contributed by atoms with van der Waals surface area (Å²) < 4.78 is 0. The van der Waals surface area contributed by atoms with Crippen molar-refractivity contribution in [2.75, 3.05) is 13.6 Å². The van der Waals surface area contributed by atoms with Gasteiger partial charge in [0.1, 0.15) is 0 Å². The van der Waals surface area contributed by atoms with Gasteiger partial charge in [-0.05, 0) is 32.0 Å². The molecule has 1 unspecified atom stereocenters. The fourth-order valence-electron chi connectivity index (χ4n) is 2.45. The van der Waals surface area contributed by atoms with E-state index in [4.69, 9.17) is 5.73 Å². The lowest BCUT2D eigenvalue weighted by Gasteiger charge is -2.36. The van der Waals surface area contributed by atoms with Gasteiger partial charge in [0.15, 0.2) is 0 Å². The van der Waals surface area contributed by atoms with E-state index in [1.54, 1.807) is 0 Å². The van der Waals surface area contributed by atoms with E-state index in [9.17, 15) is 0 Å². The minimum absolute atomic E-state index is 0.163. The van der Waals surface area contributed by atoms with Crippen molar-refractivity contribution in [2.24, 2.45) is 5.73 Å². The molecule has 1 aromatic rings. The lowest BCUT2D eigenvalue weighted by Crippen LogP contribution is -2.43. The molecule has 1 saturated heterocycles. The maximum atomic E-state index is 6.32. The standard InChI is InChI=1S/C13H20N2/c1-15-10-6-5-9-12(15)13(14)11-7-3-2-4-8-11/h2-4,7-8,12-13H,5-6,9-10,14H2,1H3/t12-,13?/m1/s1. The fourth-order valence-corrected chi connectivity index (χ4v) is 2.45. The quantitative estimate of drug-likeness (QED) is 0.800. The van der Waals surface area contributed by atoms with E-state index in [-0.39, 0.29) is 6.04 Å². The molecule has 0 radical (unpaired) electrons. The third kappa shape index (κ3) is 2.39. The molecule has 0 aliphatic carbocycles. The summed E-state index contributed by atoms with van der Waals surface area (Å²) in [6.45, 7) is 1.19. The van der Waals surface area contributed by atoms with Crippen LogP contribution in [0.25, 0.3) is 0 Å². The maximum absolute atomic E-state index is 6.32. The van der Waals surface area contributed by atoms with Crippen LogP contribution in [0.3, 0.4) is 0 Å². The molecule has 2 atom stereocenters. The summed E-state index contributed by atoms with van der Waals surface area (Å²) in [5, 5.41) is 0. The van der Waals surface area contributed by atoms with E-state index in [0.29, 0.717) is 6.04 Å². The molecule has 1 aromatic carbocycles. The zero-order valence-corrected chi connectivity index (χ0v) is 9.39. The fraction of sp³-hybridized carbons (Fsp3) is 0.538. The van der Waals surface area contributed by atoms with E-state index in [2.05, 4.69) is 36.2 Å². The summed E-state index contributed by atoms with van der Waals surface area (Å²) in [6, 6.07) is 11.1. The van der Waals surface area contributed by atoms with Gasteiger partial charge in [-0.15, -0.1) is 0 Å². The summed E-state index contributed by atoms with van der Waals surface area (Å²) >= 11 is 0. The van der Waals surface area contributed by atoms with Crippen molar-refractivity contribution < 1.29 is 0 Å². The Morgan fingerprint density at radius 3 is 2.67 bits per heavy atom. The second-order valence-electron chi connectivity index (χ2n) is 4.48. The Balaban J connectivity index is 2.09. The Hall–Kier alpha value is -0.860. The van der Waals surface area contributed by atoms with Crippen LogP contribution in [0, 0.1) is 0 Å². The van der Waals surface area contributed by atoms with Gasteiger partial charge < -0.3 is 10.6 Å². The van der Waals surface area contributed by atoms with Gasteiger partial charge in [0, 0.05) is 12.1 Å². The van der Waals surface area contributed by atoms with Crippen molar-refractivity contribution >= 4 is 0 Å². The smallest absolute Gasteiger partial charge is 0.0452 e. The molecular formula is C13H20N2. The van der Waals surface area contributed by atoms with Crippen LogP contribution in [0.15, 0.2) is 30.3 Å². The first kappa shape index (κ1) is 10.7. The highest BCUT2D eigenvalue weighted by Crippen LogP contribution is 2.25. The average molecular weight is 204 g/mol. The van der Waals surface area contributed by atoms with Gasteiger partial charge >= 0.3 is 0 Å². The zero-order chi connectivity index (χ0) is 10.7. The topological polar surface area (TPSA) is 29.3 Å². The van der Waals surface area contributed by atoms with Crippen molar-refractivity contribution in [3.63, 3.8) is 0 Å². The lowest BCUT2D eigenvalue weighted by molar-refractivity contribution is 0.160. The second kappa shape index (κ2) is 4.77. The van der Waals surface area contributed by atoms with Crippen LogP contribution in [0.1, 0.15) is 30.9 Å². The predicted octanol–water partition coefficient (Wildman–Crippen LogP) is 2.17. The predicted molar refractivity (Wildman–Crippen MR) is 63.6 cm³/mol. The number of hydrogen-bond donors (Lipinski definition) is 1. The SMILES string of the molecule is CN1CCCC[C@@H]1C(N)c1ccccc1. The average Bonchev–Trinajstić information content (AvgIpc) is 2.30. The lowest BCUT2D eigenvalue weighted by atomic mass is 9.92. The molecule has 1 aliphatic heterocycles. The van der Waals surface area contributed by atoms with Crippen molar-refractivity contribution in [2.45, 2.75) is 31.3 Å². The molecule has 0 aromatic heterocycles. The molecule has 15 heavy (non-hydrogen) atoms. The minimum atomic E-state index is 0.163. The Morgan fingerprint density at radius 1 is 1.27 bits per heavy atom. The first-order chi connectivity index (χ1) is 7.29. The van der Waals surface area contributed by atoms with E-state index in [1.807, 2.05) is 6.07 Å². The number of likely N-dealkylation sites (N-methyl/N-ethyl adjacent to an activating group) is 1. The van der Waals surface area contributed by atoms with Gasteiger partial charge in [-0.3, -0.25) is 0 Å². The van der Waals surface area contributed by atoms with Gasteiger partial charge in [-0.2, -0.15) is 0 Å². The largest absolute Gasteiger partial charge is 0.323 e. The van der Waals surface area contributed by atoms with Crippen LogP contribution < -0.4 is 5.73 Å². The highest BCUT2D eigenvalue weighted by Gasteiger charge is 2.25. The number of benzene rings is 1.